The molecule has 0 radical (unpaired) electrons. The second-order valence-electron chi connectivity index (χ2n) is 9.06. The van der Waals surface area contributed by atoms with Gasteiger partial charge in [-0.15, -0.1) is 0 Å². The molecule has 0 bridgehead atoms. The molecular weight excluding hydrogens is 410 g/mol. The smallest absolute Gasteiger partial charge is 0.315 e. The van der Waals surface area contributed by atoms with Crippen molar-refractivity contribution in [2.45, 2.75) is 44.8 Å². The molecule has 1 aromatic carbocycles. The van der Waals surface area contributed by atoms with Gasteiger partial charge in [-0.2, -0.15) is 0 Å². The fourth-order valence-corrected chi connectivity index (χ4v) is 4.22. The maximum atomic E-state index is 12.9. The number of hydrogen-bond acceptors (Lipinski definition) is 3. The summed E-state index contributed by atoms with van der Waals surface area (Å²) in [6.45, 7) is 5.88. The number of dihydropyridines is 1. The Labute approximate surface area is 188 Å². The van der Waals surface area contributed by atoms with Crippen LogP contribution in [0.5, 0.6) is 0 Å². The highest BCUT2D eigenvalue weighted by Crippen LogP contribution is 2.38. The molecule has 1 aliphatic heterocycles. The number of rotatable bonds is 3. The van der Waals surface area contributed by atoms with Crippen molar-refractivity contribution in [2.75, 3.05) is 0 Å². The van der Waals surface area contributed by atoms with Gasteiger partial charge in [0.1, 0.15) is 0 Å². The number of imidazole rings is 1. The highest BCUT2D eigenvalue weighted by Gasteiger charge is 2.30. The van der Waals surface area contributed by atoms with Crippen LogP contribution in [0.15, 0.2) is 60.7 Å². The molecule has 2 aromatic rings. The number of fused-ring (bicyclic) bond motifs is 2. The van der Waals surface area contributed by atoms with Gasteiger partial charge in [0.25, 0.3) is 0 Å². The summed E-state index contributed by atoms with van der Waals surface area (Å²) in [5, 5.41) is 10.3. The zero-order valence-corrected chi connectivity index (χ0v) is 19.0. The highest BCUT2D eigenvalue weighted by atomic mass is 35.5. The van der Waals surface area contributed by atoms with Crippen LogP contribution in [0.2, 0.25) is 5.02 Å². The Morgan fingerprint density at radius 1 is 1.35 bits per heavy atom. The van der Waals surface area contributed by atoms with Gasteiger partial charge in [0.2, 0.25) is 0 Å². The van der Waals surface area contributed by atoms with Crippen molar-refractivity contribution in [3.63, 3.8) is 0 Å². The number of urea groups is 1. The minimum atomic E-state index is -0.405. The van der Waals surface area contributed by atoms with E-state index < -0.39 is 6.04 Å². The van der Waals surface area contributed by atoms with E-state index in [1.165, 1.54) is 5.56 Å². The summed E-state index contributed by atoms with van der Waals surface area (Å²) >= 11 is 6.41. The third-order valence-electron chi connectivity index (χ3n) is 5.44. The monoisotopic (exact) mass is 437 g/mol. The average molecular weight is 438 g/mol. The van der Waals surface area contributed by atoms with E-state index in [1.54, 1.807) is 12.5 Å². The van der Waals surface area contributed by atoms with Crippen LogP contribution in [0.1, 0.15) is 43.6 Å². The zero-order chi connectivity index (χ0) is 22.2. The molecule has 4 rings (SSSR count). The summed E-state index contributed by atoms with van der Waals surface area (Å²) in [5.41, 5.74) is 4.89. The molecule has 31 heavy (non-hydrogen) atoms. The van der Waals surface area contributed by atoms with Gasteiger partial charge < -0.3 is 20.5 Å². The molecule has 2 atom stereocenters. The van der Waals surface area contributed by atoms with E-state index in [2.05, 4.69) is 39.2 Å². The lowest BCUT2D eigenvalue weighted by Gasteiger charge is -2.27. The highest BCUT2D eigenvalue weighted by molar-refractivity contribution is 6.30. The Kier molecular flexibility index (Phi) is 5.67. The predicted octanol–water partition coefficient (Wildman–Crippen LogP) is 4.26. The molecule has 0 spiro atoms. The van der Waals surface area contributed by atoms with E-state index in [1.807, 2.05) is 56.8 Å². The molecule has 1 aromatic heterocycles. The van der Waals surface area contributed by atoms with E-state index in [0.717, 1.165) is 28.8 Å². The fourth-order valence-electron chi connectivity index (χ4n) is 4.04. The van der Waals surface area contributed by atoms with Gasteiger partial charge in [0, 0.05) is 17.6 Å². The summed E-state index contributed by atoms with van der Waals surface area (Å²) in [4.78, 5) is 17.2. The molecule has 6 nitrogen and oxygen atoms in total. The molecule has 1 aliphatic carbocycles. The summed E-state index contributed by atoms with van der Waals surface area (Å²) in [6, 6.07) is 5.50. The quantitative estimate of drug-likeness (QED) is 0.671. The Bertz CT molecular complexity index is 1090. The molecule has 3 N–H and O–H groups in total. The van der Waals surface area contributed by atoms with Crippen LogP contribution in [0, 0.1) is 0 Å². The van der Waals surface area contributed by atoms with E-state index in [9.17, 15) is 4.79 Å². The molecule has 162 valence electrons. The van der Waals surface area contributed by atoms with Crippen LogP contribution >= 0.6 is 11.6 Å². The van der Waals surface area contributed by atoms with Gasteiger partial charge in [0.05, 0.1) is 30.3 Å². The first-order chi connectivity index (χ1) is 14.7. The fraction of sp³-hybridized carbons (Fsp3) is 0.333. The van der Waals surface area contributed by atoms with E-state index in [0.29, 0.717) is 5.02 Å². The first-order valence-electron chi connectivity index (χ1n) is 10.4. The number of carbonyl (C=O) groups is 1. The number of aryl methyl sites for hydroxylation is 1. The van der Waals surface area contributed by atoms with Crippen molar-refractivity contribution in [3.05, 3.63) is 82.6 Å². The molecule has 2 unspecified atom stereocenters. The minimum Gasteiger partial charge on any atom is -0.384 e. The number of amides is 2. The number of aromatic nitrogens is 2. The van der Waals surface area contributed by atoms with Crippen LogP contribution in [0.4, 0.5) is 4.79 Å². The van der Waals surface area contributed by atoms with Crippen molar-refractivity contribution < 1.29 is 4.79 Å². The van der Waals surface area contributed by atoms with Crippen molar-refractivity contribution in [2.24, 2.45) is 7.05 Å². The van der Waals surface area contributed by atoms with E-state index >= 15 is 0 Å². The largest absolute Gasteiger partial charge is 0.384 e. The van der Waals surface area contributed by atoms with Gasteiger partial charge in [-0.1, -0.05) is 29.8 Å². The molecule has 2 heterocycles. The number of hydrogen-bond donors (Lipinski definition) is 3. The Balaban J connectivity index is 1.85. The lowest BCUT2D eigenvalue weighted by atomic mass is 9.92. The molecule has 0 fully saturated rings. The van der Waals surface area contributed by atoms with Crippen LogP contribution < -0.4 is 16.0 Å². The predicted molar refractivity (Wildman–Crippen MR) is 125 cm³/mol. The van der Waals surface area contributed by atoms with Crippen molar-refractivity contribution in [1.29, 1.82) is 0 Å². The summed E-state index contributed by atoms with van der Waals surface area (Å²) in [6.07, 6.45) is 12.6. The van der Waals surface area contributed by atoms with Gasteiger partial charge >= 0.3 is 6.03 Å². The van der Waals surface area contributed by atoms with Gasteiger partial charge in [-0.3, -0.25) is 0 Å². The normalized spacial score (nSPS) is 18.5. The van der Waals surface area contributed by atoms with Crippen LogP contribution in [-0.2, 0) is 13.5 Å². The number of benzene rings is 1. The standard InChI is InChI=1S/C24H28ClN5O/c1-24(2,3)29-23(31)28-22(21-13-26-14-30(21)4)19-10-16-6-5-9-27-20(16)11-15-7-8-17(25)12-18(15)19/h5-10,12-14,20,22,27H,11H2,1-4H3,(H2,28,29,31). The molecule has 2 aliphatic rings. The maximum absolute atomic E-state index is 12.9. The molecule has 7 heteroatoms. The first kappa shape index (κ1) is 21.2. The molecule has 0 saturated carbocycles. The molecule has 0 saturated heterocycles. The second kappa shape index (κ2) is 8.27. The Morgan fingerprint density at radius 3 is 2.87 bits per heavy atom. The average Bonchev–Trinajstić information content (AvgIpc) is 3.04. The number of nitrogens with zero attached hydrogens (tertiary/aromatic N) is 2. The lowest BCUT2D eigenvalue weighted by molar-refractivity contribution is 0.230. The lowest BCUT2D eigenvalue weighted by Crippen LogP contribution is -2.47. The maximum Gasteiger partial charge on any atom is 0.315 e. The summed E-state index contributed by atoms with van der Waals surface area (Å²) in [7, 11) is 1.93. The summed E-state index contributed by atoms with van der Waals surface area (Å²) in [5.74, 6) is 0. The van der Waals surface area contributed by atoms with Gasteiger partial charge in [-0.25, -0.2) is 9.78 Å². The topological polar surface area (TPSA) is 71.0 Å². The van der Waals surface area contributed by atoms with E-state index in [4.69, 9.17) is 11.6 Å². The van der Waals surface area contributed by atoms with Crippen LogP contribution in [0.3, 0.4) is 0 Å². The molecular formula is C24H28ClN5O. The zero-order valence-electron chi connectivity index (χ0n) is 18.2. The van der Waals surface area contributed by atoms with Crippen LogP contribution in [0.25, 0.3) is 5.57 Å². The third kappa shape index (κ3) is 4.69. The molecule has 2 amide bonds. The second-order valence-corrected chi connectivity index (χ2v) is 9.50. The first-order valence-corrected chi connectivity index (χ1v) is 10.8. The minimum absolute atomic E-state index is 0.165. The Hall–Kier alpha value is -2.99. The number of carbonyl (C=O) groups excluding carboxylic acids is 1. The van der Waals surface area contributed by atoms with Gasteiger partial charge in [-0.05, 0) is 73.9 Å². The van der Waals surface area contributed by atoms with Crippen molar-refractivity contribution in [1.82, 2.24) is 25.5 Å². The van der Waals surface area contributed by atoms with E-state index in [-0.39, 0.29) is 17.6 Å². The SMILES string of the molecule is Cn1cncc1C(NC(=O)NC(C)(C)C)C1=CC2=CC=CNC2Cc2ccc(Cl)cc21. The number of allylic oxidation sites excluding steroid dienone is 2. The van der Waals surface area contributed by atoms with Crippen molar-refractivity contribution in [3.8, 4) is 0 Å². The van der Waals surface area contributed by atoms with Crippen molar-refractivity contribution >= 4 is 23.2 Å². The third-order valence-corrected chi connectivity index (χ3v) is 5.67. The van der Waals surface area contributed by atoms with Crippen LogP contribution in [-0.4, -0.2) is 27.2 Å². The number of nitrogens with one attached hydrogen (secondary N) is 3. The summed E-state index contributed by atoms with van der Waals surface area (Å²) < 4.78 is 1.93. The Morgan fingerprint density at radius 2 is 2.16 bits per heavy atom. The van der Waals surface area contributed by atoms with Gasteiger partial charge in [0.15, 0.2) is 0 Å². The number of halogens is 1.